The molecule has 0 radical (unpaired) electrons. The van der Waals surface area contributed by atoms with E-state index in [0.717, 1.165) is 48.6 Å². The van der Waals surface area contributed by atoms with Crippen molar-refractivity contribution in [3.05, 3.63) is 28.9 Å². The predicted octanol–water partition coefficient (Wildman–Crippen LogP) is 2.46. The molecule has 1 aliphatic rings. The Kier molecular flexibility index (Phi) is 3.79. The van der Waals surface area contributed by atoms with Gasteiger partial charge in [-0.05, 0) is 19.2 Å². The minimum absolute atomic E-state index is 0.0547. The molecule has 21 heavy (non-hydrogen) atoms. The lowest BCUT2D eigenvalue weighted by Gasteiger charge is -2.34. The highest BCUT2D eigenvalue weighted by Crippen LogP contribution is 2.35. The summed E-state index contributed by atoms with van der Waals surface area (Å²) in [5, 5.41) is 3.85. The number of ether oxygens (including phenoxy) is 1. The number of piperazine rings is 1. The Morgan fingerprint density at radius 2 is 2.00 bits per heavy atom. The van der Waals surface area contributed by atoms with Gasteiger partial charge in [0.1, 0.15) is 18.1 Å². The molecule has 1 aromatic carbocycles. The standard InChI is InChI=1S/C15H19N3O3/c1-17-3-5-18(6-4-17)14-9-12(20-2)7-11-8-13(10-16-19)21-15(11)14/h7-9H,3-6,10H2,1-2H3. The second-order valence-corrected chi connectivity index (χ2v) is 5.36. The van der Waals surface area contributed by atoms with Gasteiger partial charge < -0.3 is 19.0 Å². The summed E-state index contributed by atoms with van der Waals surface area (Å²) in [5.74, 6) is 1.38. The number of likely N-dealkylation sites (N-methyl/N-ethyl adjacent to an activating group) is 1. The first-order valence-corrected chi connectivity index (χ1v) is 7.04. The van der Waals surface area contributed by atoms with Gasteiger partial charge >= 0.3 is 0 Å². The Morgan fingerprint density at radius 3 is 2.67 bits per heavy atom. The third-order valence-electron chi connectivity index (χ3n) is 3.92. The highest BCUT2D eigenvalue weighted by atomic mass is 16.5. The molecule has 1 aliphatic heterocycles. The summed E-state index contributed by atoms with van der Waals surface area (Å²) < 4.78 is 11.2. The molecule has 6 heteroatoms. The van der Waals surface area contributed by atoms with E-state index >= 15 is 0 Å². The first kappa shape index (κ1) is 13.9. The highest BCUT2D eigenvalue weighted by molar-refractivity contribution is 5.91. The summed E-state index contributed by atoms with van der Waals surface area (Å²) in [5.41, 5.74) is 1.83. The predicted molar refractivity (Wildman–Crippen MR) is 82.0 cm³/mol. The van der Waals surface area contributed by atoms with E-state index in [9.17, 15) is 4.91 Å². The van der Waals surface area contributed by atoms with Gasteiger partial charge in [0, 0.05) is 37.6 Å². The van der Waals surface area contributed by atoms with Crippen LogP contribution in [0, 0.1) is 4.91 Å². The molecule has 0 spiro atoms. The van der Waals surface area contributed by atoms with Crippen LogP contribution < -0.4 is 9.64 Å². The SMILES string of the molecule is COc1cc(N2CCN(C)CC2)c2oc(CN=O)cc2c1. The maximum absolute atomic E-state index is 10.4. The van der Waals surface area contributed by atoms with Gasteiger partial charge in [-0.15, -0.1) is 0 Å². The third-order valence-corrected chi connectivity index (χ3v) is 3.92. The molecule has 112 valence electrons. The summed E-state index contributed by atoms with van der Waals surface area (Å²) in [6, 6.07) is 5.78. The van der Waals surface area contributed by atoms with Gasteiger partial charge in [-0.2, -0.15) is 4.91 Å². The smallest absolute Gasteiger partial charge is 0.157 e. The van der Waals surface area contributed by atoms with Crippen molar-refractivity contribution in [3.63, 3.8) is 0 Å². The van der Waals surface area contributed by atoms with E-state index in [0.29, 0.717) is 5.76 Å². The Labute approximate surface area is 123 Å². The van der Waals surface area contributed by atoms with Crippen LogP contribution >= 0.6 is 0 Å². The Balaban J connectivity index is 2.03. The average Bonchev–Trinajstić information content (AvgIpc) is 2.90. The van der Waals surface area contributed by atoms with E-state index in [1.54, 1.807) is 7.11 Å². The van der Waals surface area contributed by atoms with Crippen molar-refractivity contribution in [1.29, 1.82) is 0 Å². The van der Waals surface area contributed by atoms with Crippen molar-refractivity contribution in [2.24, 2.45) is 5.18 Å². The van der Waals surface area contributed by atoms with Crippen LogP contribution in [0.4, 0.5) is 5.69 Å². The number of furan rings is 1. The number of fused-ring (bicyclic) bond motifs is 1. The van der Waals surface area contributed by atoms with Crippen LogP contribution in [0.1, 0.15) is 5.76 Å². The molecule has 1 fully saturated rings. The topological polar surface area (TPSA) is 58.3 Å². The largest absolute Gasteiger partial charge is 0.497 e. The monoisotopic (exact) mass is 289 g/mol. The number of hydrogen-bond donors (Lipinski definition) is 0. The van der Waals surface area contributed by atoms with Crippen molar-refractivity contribution in [2.45, 2.75) is 6.54 Å². The number of nitroso groups, excluding NO2 is 1. The van der Waals surface area contributed by atoms with E-state index in [1.165, 1.54) is 0 Å². The minimum Gasteiger partial charge on any atom is -0.497 e. The lowest BCUT2D eigenvalue weighted by Crippen LogP contribution is -2.44. The summed E-state index contributed by atoms with van der Waals surface area (Å²) in [6.45, 7) is 3.98. The molecular weight excluding hydrogens is 270 g/mol. The van der Waals surface area contributed by atoms with Gasteiger partial charge in [0.15, 0.2) is 5.58 Å². The molecule has 2 aromatic rings. The zero-order valence-corrected chi connectivity index (χ0v) is 12.3. The molecule has 1 aromatic heterocycles. The van der Waals surface area contributed by atoms with E-state index < -0.39 is 0 Å². The zero-order chi connectivity index (χ0) is 14.8. The lowest BCUT2D eigenvalue weighted by molar-refractivity contribution is 0.312. The summed E-state index contributed by atoms with van der Waals surface area (Å²) in [4.78, 5) is 15.0. The molecule has 1 saturated heterocycles. The number of hydrogen-bond acceptors (Lipinski definition) is 6. The fourth-order valence-electron chi connectivity index (χ4n) is 2.70. The number of anilines is 1. The molecular formula is C15H19N3O3. The van der Waals surface area contributed by atoms with Crippen LogP contribution in [-0.4, -0.2) is 45.2 Å². The fourth-order valence-corrected chi connectivity index (χ4v) is 2.70. The van der Waals surface area contributed by atoms with Crippen LogP contribution in [0.3, 0.4) is 0 Å². The first-order chi connectivity index (χ1) is 10.2. The minimum atomic E-state index is 0.0547. The van der Waals surface area contributed by atoms with Gasteiger partial charge in [-0.1, -0.05) is 5.18 Å². The van der Waals surface area contributed by atoms with E-state index in [-0.39, 0.29) is 6.54 Å². The molecule has 0 N–H and O–H groups in total. The summed E-state index contributed by atoms with van der Waals surface area (Å²) >= 11 is 0. The Morgan fingerprint density at radius 1 is 1.24 bits per heavy atom. The van der Waals surface area contributed by atoms with E-state index in [4.69, 9.17) is 9.15 Å². The summed E-state index contributed by atoms with van der Waals surface area (Å²) in [6.07, 6.45) is 0. The van der Waals surface area contributed by atoms with Crippen molar-refractivity contribution >= 4 is 16.7 Å². The zero-order valence-electron chi connectivity index (χ0n) is 12.3. The number of nitrogens with zero attached hydrogens (tertiary/aromatic N) is 3. The normalized spacial score (nSPS) is 16.4. The van der Waals surface area contributed by atoms with Crippen LogP contribution in [0.15, 0.2) is 27.8 Å². The molecule has 0 amide bonds. The van der Waals surface area contributed by atoms with Gasteiger partial charge in [0.2, 0.25) is 0 Å². The molecule has 3 rings (SSSR count). The number of methoxy groups -OCH3 is 1. The fraction of sp³-hybridized carbons (Fsp3) is 0.467. The molecule has 2 heterocycles. The number of rotatable bonds is 4. The van der Waals surface area contributed by atoms with Gasteiger partial charge in [-0.25, -0.2) is 0 Å². The Hall–Kier alpha value is -2.08. The maximum Gasteiger partial charge on any atom is 0.157 e. The maximum atomic E-state index is 10.4. The van der Waals surface area contributed by atoms with E-state index in [1.807, 2.05) is 18.2 Å². The van der Waals surface area contributed by atoms with Crippen LogP contribution in [0.25, 0.3) is 11.0 Å². The highest BCUT2D eigenvalue weighted by Gasteiger charge is 2.20. The number of benzene rings is 1. The van der Waals surface area contributed by atoms with Crippen molar-refractivity contribution in [1.82, 2.24) is 4.90 Å². The molecule has 6 nitrogen and oxygen atoms in total. The van der Waals surface area contributed by atoms with Crippen LogP contribution in [-0.2, 0) is 6.54 Å². The van der Waals surface area contributed by atoms with Gasteiger partial charge in [-0.3, -0.25) is 0 Å². The van der Waals surface area contributed by atoms with Gasteiger partial charge in [0.05, 0.1) is 12.8 Å². The molecule has 0 saturated carbocycles. The second-order valence-electron chi connectivity index (χ2n) is 5.36. The molecule has 0 atom stereocenters. The van der Waals surface area contributed by atoms with Crippen molar-refractivity contribution in [3.8, 4) is 5.75 Å². The molecule has 0 unspecified atom stereocenters. The second kappa shape index (κ2) is 5.73. The average molecular weight is 289 g/mol. The van der Waals surface area contributed by atoms with Crippen LogP contribution in [0.2, 0.25) is 0 Å². The Bertz CT molecular complexity index is 645. The van der Waals surface area contributed by atoms with Crippen molar-refractivity contribution < 1.29 is 9.15 Å². The molecule has 0 bridgehead atoms. The quantitative estimate of drug-likeness (QED) is 0.809. The third kappa shape index (κ3) is 2.71. The van der Waals surface area contributed by atoms with Crippen molar-refractivity contribution in [2.75, 3.05) is 45.2 Å². The van der Waals surface area contributed by atoms with E-state index in [2.05, 4.69) is 22.0 Å². The molecule has 0 aliphatic carbocycles. The summed E-state index contributed by atoms with van der Waals surface area (Å²) in [7, 11) is 3.78. The lowest BCUT2D eigenvalue weighted by atomic mass is 10.2. The van der Waals surface area contributed by atoms with Crippen LogP contribution in [0.5, 0.6) is 5.75 Å². The van der Waals surface area contributed by atoms with Gasteiger partial charge in [0.25, 0.3) is 0 Å². The first-order valence-electron chi connectivity index (χ1n) is 7.04.